The zero-order valence-electron chi connectivity index (χ0n) is 13.3. The van der Waals surface area contributed by atoms with Crippen molar-refractivity contribution < 1.29 is 9.31 Å². The monoisotopic (exact) mass is 272 g/mol. The molecule has 1 aliphatic heterocycles. The molecule has 3 rings (SSSR count). The molecule has 1 saturated carbocycles. The van der Waals surface area contributed by atoms with Gasteiger partial charge < -0.3 is 9.31 Å². The molecule has 0 aromatic heterocycles. The summed E-state index contributed by atoms with van der Waals surface area (Å²) in [6.45, 7) is 10.6. The summed E-state index contributed by atoms with van der Waals surface area (Å²) in [5.74, 6) is 0.905. The summed E-state index contributed by atoms with van der Waals surface area (Å²) in [6, 6.07) is 6.54. The van der Waals surface area contributed by atoms with Gasteiger partial charge in [0.25, 0.3) is 0 Å². The average Bonchev–Trinajstić information content (AvgIpc) is 3.10. The molecule has 3 heteroatoms. The van der Waals surface area contributed by atoms with Crippen molar-refractivity contribution in [1.29, 1.82) is 0 Å². The summed E-state index contributed by atoms with van der Waals surface area (Å²) in [6.07, 6.45) is 3.99. The maximum Gasteiger partial charge on any atom is 0.495 e. The Morgan fingerprint density at radius 3 is 2.25 bits per heavy atom. The highest BCUT2D eigenvalue weighted by Crippen LogP contribution is 2.37. The number of rotatable bonds is 3. The van der Waals surface area contributed by atoms with E-state index < -0.39 is 0 Å². The van der Waals surface area contributed by atoms with Crippen LogP contribution in [0.3, 0.4) is 0 Å². The van der Waals surface area contributed by atoms with Crippen molar-refractivity contribution in [3.63, 3.8) is 0 Å². The Morgan fingerprint density at radius 2 is 1.70 bits per heavy atom. The lowest BCUT2D eigenvalue weighted by Crippen LogP contribution is -2.41. The van der Waals surface area contributed by atoms with Gasteiger partial charge in [0.15, 0.2) is 0 Å². The third-order valence-corrected chi connectivity index (χ3v) is 5.20. The van der Waals surface area contributed by atoms with Gasteiger partial charge in [-0.1, -0.05) is 18.2 Å². The molecule has 2 aliphatic rings. The molecule has 0 amide bonds. The quantitative estimate of drug-likeness (QED) is 0.786. The van der Waals surface area contributed by atoms with Crippen molar-refractivity contribution in [2.45, 2.75) is 65.1 Å². The molecule has 0 atom stereocenters. The summed E-state index contributed by atoms with van der Waals surface area (Å²) in [5.41, 5.74) is 3.46. The van der Waals surface area contributed by atoms with Gasteiger partial charge in [0.05, 0.1) is 11.2 Å². The highest BCUT2D eigenvalue weighted by atomic mass is 16.7. The fourth-order valence-corrected chi connectivity index (χ4v) is 2.78. The first-order valence-corrected chi connectivity index (χ1v) is 7.74. The van der Waals surface area contributed by atoms with E-state index in [4.69, 9.17) is 9.31 Å². The second-order valence-corrected chi connectivity index (χ2v) is 7.37. The van der Waals surface area contributed by atoms with E-state index in [1.54, 1.807) is 0 Å². The van der Waals surface area contributed by atoms with E-state index in [2.05, 4.69) is 52.8 Å². The molecule has 1 saturated heterocycles. The molecule has 0 radical (unpaired) electrons. The molecule has 1 aromatic carbocycles. The Balaban J connectivity index is 1.87. The minimum Gasteiger partial charge on any atom is -0.399 e. The van der Waals surface area contributed by atoms with Crippen LogP contribution < -0.4 is 5.46 Å². The SMILES string of the molecule is Cc1c(CC2CC2)cccc1B1OC(C)(C)C(C)(C)O1. The molecule has 2 fully saturated rings. The molecule has 0 unspecified atom stereocenters. The van der Waals surface area contributed by atoms with E-state index in [0.717, 1.165) is 5.92 Å². The van der Waals surface area contributed by atoms with Gasteiger partial charge in [0, 0.05) is 0 Å². The smallest absolute Gasteiger partial charge is 0.399 e. The maximum absolute atomic E-state index is 6.18. The predicted molar refractivity (Wildman–Crippen MR) is 83.3 cm³/mol. The van der Waals surface area contributed by atoms with Gasteiger partial charge in [0.1, 0.15) is 0 Å². The van der Waals surface area contributed by atoms with Gasteiger partial charge in [-0.15, -0.1) is 0 Å². The lowest BCUT2D eigenvalue weighted by molar-refractivity contribution is 0.00578. The molecule has 0 spiro atoms. The van der Waals surface area contributed by atoms with Crippen LogP contribution in [0.15, 0.2) is 18.2 Å². The Kier molecular flexibility index (Phi) is 3.26. The van der Waals surface area contributed by atoms with Gasteiger partial charge >= 0.3 is 7.12 Å². The van der Waals surface area contributed by atoms with Crippen LogP contribution in [0.25, 0.3) is 0 Å². The van der Waals surface area contributed by atoms with Crippen molar-refractivity contribution >= 4 is 12.6 Å². The highest BCUT2D eigenvalue weighted by Gasteiger charge is 2.52. The fourth-order valence-electron chi connectivity index (χ4n) is 2.78. The Morgan fingerprint density at radius 1 is 1.10 bits per heavy atom. The van der Waals surface area contributed by atoms with Gasteiger partial charge in [-0.25, -0.2) is 0 Å². The van der Waals surface area contributed by atoms with Crippen molar-refractivity contribution in [1.82, 2.24) is 0 Å². The van der Waals surface area contributed by atoms with Crippen LogP contribution in [0.2, 0.25) is 0 Å². The first-order chi connectivity index (χ1) is 9.30. The maximum atomic E-state index is 6.18. The molecular weight excluding hydrogens is 247 g/mol. The van der Waals surface area contributed by atoms with Gasteiger partial charge in [-0.05, 0) is 76.4 Å². The van der Waals surface area contributed by atoms with E-state index in [-0.39, 0.29) is 18.3 Å². The van der Waals surface area contributed by atoms with Gasteiger partial charge in [0.2, 0.25) is 0 Å². The summed E-state index contributed by atoms with van der Waals surface area (Å²) in [7, 11) is -0.237. The zero-order valence-corrected chi connectivity index (χ0v) is 13.3. The van der Waals surface area contributed by atoms with Crippen LogP contribution in [-0.4, -0.2) is 18.3 Å². The molecule has 108 valence electrons. The third kappa shape index (κ3) is 2.42. The second-order valence-electron chi connectivity index (χ2n) is 7.37. The third-order valence-electron chi connectivity index (χ3n) is 5.20. The van der Waals surface area contributed by atoms with Crippen LogP contribution in [0.5, 0.6) is 0 Å². The second kappa shape index (κ2) is 4.61. The molecule has 1 aliphatic carbocycles. The first kappa shape index (κ1) is 14.2. The lowest BCUT2D eigenvalue weighted by Gasteiger charge is -2.32. The summed E-state index contributed by atoms with van der Waals surface area (Å²) in [5, 5.41) is 0. The van der Waals surface area contributed by atoms with Crippen LogP contribution >= 0.6 is 0 Å². The summed E-state index contributed by atoms with van der Waals surface area (Å²) < 4.78 is 12.4. The molecule has 1 heterocycles. The molecule has 0 N–H and O–H groups in total. The summed E-state index contributed by atoms with van der Waals surface area (Å²) in [4.78, 5) is 0. The Bertz CT molecular complexity index is 502. The number of hydrogen-bond acceptors (Lipinski definition) is 2. The zero-order chi connectivity index (χ0) is 14.5. The van der Waals surface area contributed by atoms with E-state index >= 15 is 0 Å². The molecule has 2 nitrogen and oxygen atoms in total. The molecule has 0 bridgehead atoms. The van der Waals surface area contributed by atoms with E-state index in [1.807, 2.05) is 0 Å². The topological polar surface area (TPSA) is 18.5 Å². The van der Waals surface area contributed by atoms with Crippen molar-refractivity contribution in [2.24, 2.45) is 5.92 Å². The van der Waals surface area contributed by atoms with Crippen molar-refractivity contribution in [3.05, 3.63) is 29.3 Å². The van der Waals surface area contributed by atoms with Crippen molar-refractivity contribution in [3.8, 4) is 0 Å². The molecular formula is C17H25BO2. The minimum absolute atomic E-state index is 0.237. The van der Waals surface area contributed by atoms with E-state index in [9.17, 15) is 0 Å². The number of benzene rings is 1. The number of hydrogen-bond donors (Lipinski definition) is 0. The summed E-state index contributed by atoms with van der Waals surface area (Å²) >= 11 is 0. The largest absolute Gasteiger partial charge is 0.495 e. The van der Waals surface area contributed by atoms with Gasteiger partial charge in [-0.2, -0.15) is 0 Å². The predicted octanol–water partition coefficient (Wildman–Crippen LogP) is 3.25. The first-order valence-electron chi connectivity index (χ1n) is 7.74. The van der Waals surface area contributed by atoms with Gasteiger partial charge in [-0.3, -0.25) is 0 Å². The van der Waals surface area contributed by atoms with E-state index in [1.165, 1.54) is 35.9 Å². The standard InChI is InChI=1S/C17H25BO2/c1-12-14(11-13-9-10-13)7-6-8-15(12)18-19-16(2,3)17(4,5)20-18/h6-8,13H,9-11H2,1-5H3. The van der Waals surface area contributed by atoms with Crippen LogP contribution in [0.1, 0.15) is 51.7 Å². The lowest BCUT2D eigenvalue weighted by atomic mass is 9.74. The van der Waals surface area contributed by atoms with Crippen LogP contribution in [0, 0.1) is 12.8 Å². The molecule has 20 heavy (non-hydrogen) atoms. The average molecular weight is 272 g/mol. The fraction of sp³-hybridized carbons (Fsp3) is 0.647. The Labute approximate surface area is 123 Å². The van der Waals surface area contributed by atoms with Crippen LogP contribution in [0.4, 0.5) is 0 Å². The minimum atomic E-state index is -0.267. The van der Waals surface area contributed by atoms with E-state index in [0.29, 0.717) is 0 Å². The normalized spacial score (nSPS) is 24.1. The Hall–Kier alpha value is -0.795. The van der Waals surface area contributed by atoms with Crippen LogP contribution in [-0.2, 0) is 15.7 Å². The highest BCUT2D eigenvalue weighted by molar-refractivity contribution is 6.62. The molecule has 1 aromatic rings. The van der Waals surface area contributed by atoms with Crippen molar-refractivity contribution in [2.75, 3.05) is 0 Å².